The van der Waals surface area contributed by atoms with Gasteiger partial charge in [-0.1, -0.05) is 42.5 Å². The molecule has 3 amide bonds. The highest BCUT2D eigenvalue weighted by Gasteiger charge is 2.59. The third-order valence-electron chi connectivity index (χ3n) is 7.22. The number of carbonyl (C=O) groups is 3. The lowest BCUT2D eigenvalue weighted by atomic mass is 9.85. The molecule has 2 aliphatic carbocycles. The summed E-state index contributed by atoms with van der Waals surface area (Å²) in [6.45, 7) is 1.84. The summed E-state index contributed by atoms with van der Waals surface area (Å²) in [5.41, 5.74) is 0.0586. The average Bonchev–Trinajstić information content (AvgIpc) is 3.50. The molecule has 2 heterocycles. The van der Waals surface area contributed by atoms with E-state index >= 15 is 0 Å². The molecule has 5 rings (SSSR count). The van der Waals surface area contributed by atoms with Crippen molar-refractivity contribution in [1.82, 2.24) is 19.4 Å². The Morgan fingerprint density at radius 3 is 2.32 bits per heavy atom. The smallest absolute Gasteiger partial charge is 0.328 e. The third-order valence-corrected chi connectivity index (χ3v) is 7.22. The van der Waals surface area contributed by atoms with Crippen molar-refractivity contribution < 1.29 is 14.4 Å². The molecule has 1 aromatic heterocycles. The van der Waals surface area contributed by atoms with E-state index in [2.05, 4.69) is 17.1 Å². The molecule has 1 N–H and O–H groups in total. The minimum Gasteiger partial charge on any atom is -0.335 e. The first-order chi connectivity index (χ1) is 16.3. The number of imide groups is 1. The standard InChI is InChI=1S/C25H26N4O5/c1-15-12-28(25(34)26-22(15)31)14-19(30)27(13-16-5-3-2-4-6-16)9-10-29-23(32)20-17-7-8-18(11-17)21(20)24(29)33/h2-8,12,17-18,20-21H,9-11,13-14H2,1H3,(H,26,31,34)/t17-,18+,20+,21-. The molecule has 2 aromatic rings. The first-order valence-corrected chi connectivity index (χ1v) is 11.5. The fourth-order valence-electron chi connectivity index (χ4n) is 5.48. The number of fused-ring (bicyclic) bond motifs is 5. The Bertz CT molecular complexity index is 1260. The van der Waals surface area contributed by atoms with Gasteiger partial charge in [-0.2, -0.15) is 0 Å². The van der Waals surface area contributed by atoms with Gasteiger partial charge in [-0.15, -0.1) is 0 Å². The second-order valence-corrected chi connectivity index (χ2v) is 9.33. The van der Waals surface area contributed by atoms with Crippen LogP contribution in [0.4, 0.5) is 0 Å². The van der Waals surface area contributed by atoms with Crippen LogP contribution in [0, 0.1) is 30.6 Å². The first kappa shape index (κ1) is 22.1. The number of aromatic amines is 1. The number of allylic oxidation sites excluding steroid dienone is 2. The first-order valence-electron chi connectivity index (χ1n) is 11.5. The highest BCUT2D eigenvalue weighted by molar-refractivity contribution is 6.06. The normalized spacial score (nSPS) is 24.7. The van der Waals surface area contributed by atoms with Crippen molar-refractivity contribution in [3.05, 3.63) is 80.6 Å². The van der Waals surface area contributed by atoms with Crippen molar-refractivity contribution >= 4 is 17.7 Å². The van der Waals surface area contributed by atoms with E-state index in [1.807, 2.05) is 30.3 Å². The minimum absolute atomic E-state index is 0.113. The van der Waals surface area contributed by atoms with E-state index in [9.17, 15) is 24.0 Å². The Hall–Kier alpha value is -3.75. The minimum atomic E-state index is -0.663. The number of hydrogen-bond donors (Lipinski definition) is 1. The molecule has 2 bridgehead atoms. The van der Waals surface area contributed by atoms with Gasteiger partial charge in [0.2, 0.25) is 17.7 Å². The van der Waals surface area contributed by atoms with E-state index in [0.29, 0.717) is 5.56 Å². The van der Waals surface area contributed by atoms with Crippen molar-refractivity contribution in [2.45, 2.75) is 26.4 Å². The second kappa shape index (κ2) is 8.55. The van der Waals surface area contributed by atoms with Gasteiger partial charge in [0.15, 0.2) is 0 Å². The zero-order chi connectivity index (χ0) is 24.0. The van der Waals surface area contributed by atoms with Gasteiger partial charge >= 0.3 is 5.69 Å². The average molecular weight is 463 g/mol. The van der Waals surface area contributed by atoms with Gasteiger partial charge in [-0.3, -0.25) is 33.6 Å². The number of H-pyrrole nitrogens is 1. The molecule has 0 spiro atoms. The summed E-state index contributed by atoms with van der Waals surface area (Å²) in [6.07, 6.45) is 6.33. The molecule has 2 fully saturated rings. The van der Waals surface area contributed by atoms with Crippen LogP contribution >= 0.6 is 0 Å². The van der Waals surface area contributed by atoms with Crippen LogP contribution in [0.2, 0.25) is 0 Å². The number of aromatic nitrogens is 2. The van der Waals surface area contributed by atoms with Crippen molar-refractivity contribution in [2.75, 3.05) is 13.1 Å². The highest BCUT2D eigenvalue weighted by atomic mass is 16.2. The summed E-state index contributed by atoms with van der Waals surface area (Å²) in [6, 6.07) is 9.38. The Kier molecular flexibility index (Phi) is 5.55. The molecule has 9 nitrogen and oxygen atoms in total. The van der Waals surface area contributed by atoms with Gasteiger partial charge in [0.05, 0.1) is 11.8 Å². The molecule has 34 heavy (non-hydrogen) atoms. The van der Waals surface area contributed by atoms with Gasteiger partial charge in [-0.05, 0) is 30.7 Å². The van der Waals surface area contributed by atoms with E-state index in [1.54, 1.807) is 11.8 Å². The number of nitrogens with one attached hydrogen (secondary N) is 1. The fourth-order valence-corrected chi connectivity index (χ4v) is 5.48. The van der Waals surface area contributed by atoms with Crippen LogP contribution in [0.5, 0.6) is 0 Å². The number of carbonyl (C=O) groups excluding carboxylic acids is 3. The van der Waals surface area contributed by atoms with Gasteiger partial charge in [0.1, 0.15) is 6.54 Å². The largest absolute Gasteiger partial charge is 0.335 e. The second-order valence-electron chi connectivity index (χ2n) is 9.33. The van der Waals surface area contributed by atoms with Crippen molar-refractivity contribution in [1.29, 1.82) is 0 Å². The van der Waals surface area contributed by atoms with Gasteiger partial charge in [0.25, 0.3) is 5.56 Å². The summed E-state index contributed by atoms with van der Waals surface area (Å²) in [7, 11) is 0. The quantitative estimate of drug-likeness (QED) is 0.480. The Morgan fingerprint density at radius 2 is 1.68 bits per heavy atom. The van der Waals surface area contributed by atoms with Crippen molar-refractivity contribution in [2.24, 2.45) is 23.7 Å². The van der Waals surface area contributed by atoms with Crippen molar-refractivity contribution in [3.8, 4) is 0 Å². The molecule has 1 aliphatic heterocycles. The molecule has 4 atom stereocenters. The molecule has 3 aliphatic rings. The molecule has 1 saturated carbocycles. The lowest BCUT2D eigenvalue weighted by molar-refractivity contribution is -0.142. The fraction of sp³-hybridized carbons (Fsp3) is 0.400. The van der Waals surface area contributed by atoms with Crippen molar-refractivity contribution in [3.63, 3.8) is 0 Å². The maximum atomic E-state index is 13.2. The molecular formula is C25H26N4O5. The molecular weight excluding hydrogens is 436 g/mol. The van der Waals surface area contributed by atoms with Gasteiger partial charge in [0, 0.05) is 31.4 Å². The van der Waals surface area contributed by atoms with E-state index in [1.165, 1.54) is 11.1 Å². The Morgan fingerprint density at radius 1 is 1.03 bits per heavy atom. The number of amides is 3. The third kappa shape index (κ3) is 3.81. The topological polar surface area (TPSA) is 113 Å². The lowest BCUT2D eigenvalue weighted by Crippen LogP contribution is -2.44. The summed E-state index contributed by atoms with van der Waals surface area (Å²) in [5.74, 6) is -0.925. The number of nitrogens with zero attached hydrogens (tertiary/aromatic N) is 3. The van der Waals surface area contributed by atoms with Crippen LogP contribution in [-0.4, -0.2) is 50.2 Å². The molecule has 176 valence electrons. The lowest BCUT2D eigenvalue weighted by Gasteiger charge is -2.26. The Labute approximate surface area is 195 Å². The van der Waals surface area contributed by atoms with E-state index < -0.39 is 11.2 Å². The zero-order valence-electron chi connectivity index (χ0n) is 18.8. The number of likely N-dealkylation sites (tertiary alicyclic amines) is 1. The van der Waals surface area contributed by atoms with Crippen LogP contribution in [-0.2, 0) is 27.5 Å². The number of hydrogen-bond acceptors (Lipinski definition) is 5. The van der Waals surface area contributed by atoms with E-state index in [0.717, 1.165) is 16.6 Å². The summed E-state index contributed by atoms with van der Waals surface area (Å²) in [4.78, 5) is 68.2. The number of rotatable bonds is 7. The molecule has 1 aromatic carbocycles. The van der Waals surface area contributed by atoms with Crippen LogP contribution in [0.3, 0.4) is 0 Å². The Balaban J connectivity index is 1.33. The monoisotopic (exact) mass is 462 g/mol. The highest BCUT2D eigenvalue weighted by Crippen LogP contribution is 2.52. The zero-order valence-corrected chi connectivity index (χ0v) is 18.8. The summed E-state index contributed by atoms with van der Waals surface area (Å²) < 4.78 is 1.16. The van der Waals surface area contributed by atoms with Crippen LogP contribution in [0.1, 0.15) is 17.5 Å². The predicted molar refractivity (Wildman–Crippen MR) is 122 cm³/mol. The maximum Gasteiger partial charge on any atom is 0.328 e. The molecule has 9 heteroatoms. The molecule has 1 saturated heterocycles. The summed E-state index contributed by atoms with van der Waals surface area (Å²) in [5, 5.41) is 0. The summed E-state index contributed by atoms with van der Waals surface area (Å²) >= 11 is 0. The number of aryl methyl sites for hydroxylation is 1. The molecule has 0 radical (unpaired) electrons. The molecule has 0 unspecified atom stereocenters. The van der Waals surface area contributed by atoms with Crippen LogP contribution < -0.4 is 11.2 Å². The van der Waals surface area contributed by atoms with Crippen LogP contribution in [0.15, 0.2) is 58.3 Å². The van der Waals surface area contributed by atoms with Gasteiger partial charge < -0.3 is 4.90 Å². The van der Waals surface area contributed by atoms with Crippen LogP contribution in [0.25, 0.3) is 0 Å². The van der Waals surface area contributed by atoms with E-state index in [4.69, 9.17) is 0 Å². The predicted octanol–water partition coefficient (Wildman–Crippen LogP) is 0.681. The van der Waals surface area contributed by atoms with Gasteiger partial charge in [-0.25, -0.2) is 4.79 Å². The number of benzene rings is 1. The maximum absolute atomic E-state index is 13.2. The van der Waals surface area contributed by atoms with E-state index in [-0.39, 0.29) is 67.6 Å². The SMILES string of the molecule is Cc1cn(CC(=O)N(CCN2C(=O)[C@@H]3[C@H](C2=O)[C@H]2C=C[C@@H]3C2)Cc2ccccc2)c(=O)[nH]c1=O.